The zero-order valence-corrected chi connectivity index (χ0v) is 13.4. The second-order valence-electron chi connectivity index (χ2n) is 4.98. The van der Waals surface area contributed by atoms with Crippen molar-refractivity contribution in [1.29, 1.82) is 0 Å². The highest BCUT2D eigenvalue weighted by Gasteiger charge is 2.29. The number of anilines is 1. The molecule has 118 valence electrons. The minimum absolute atomic E-state index is 0.0369. The minimum atomic E-state index is -3.80. The highest BCUT2D eigenvalue weighted by molar-refractivity contribution is 7.91. The first-order valence-corrected chi connectivity index (χ1v) is 10.0. The first kappa shape index (κ1) is 16.2. The van der Waals surface area contributed by atoms with Crippen LogP contribution in [0, 0.1) is 0 Å². The van der Waals surface area contributed by atoms with Crippen LogP contribution in [0.15, 0.2) is 23.4 Å². The minimum Gasteiger partial charge on any atom is -0.384 e. The van der Waals surface area contributed by atoms with Crippen LogP contribution in [0.2, 0.25) is 0 Å². The van der Waals surface area contributed by atoms with Gasteiger partial charge in [0, 0.05) is 25.0 Å². The molecule has 0 radical (unpaired) electrons. The van der Waals surface area contributed by atoms with Crippen LogP contribution in [0.25, 0.3) is 0 Å². The zero-order valence-electron chi connectivity index (χ0n) is 11.7. The molecular formula is C12H19N3O4S2. The number of aromatic nitrogens is 1. The van der Waals surface area contributed by atoms with E-state index in [-0.39, 0.29) is 16.4 Å². The predicted octanol–water partition coefficient (Wildman–Crippen LogP) is 0.369. The Morgan fingerprint density at radius 2 is 2.19 bits per heavy atom. The fraction of sp³-hybridized carbons (Fsp3) is 0.583. The Balaban J connectivity index is 2.23. The van der Waals surface area contributed by atoms with Crippen molar-refractivity contribution in [2.24, 2.45) is 0 Å². The molecule has 0 aromatic carbocycles. The van der Waals surface area contributed by atoms with Gasteiger partial charge in [-0.3, -0.25) is 4.98 Å². The number of sulfonamides is 1. The maximum absolute atomic E-state index is 12.4. The predicted molar refractivity (Wildman–Crippen MR) is 80.4 cm³/mol. The molecule has 0 amide bonds. The largest absolute Gasteiger partial charge is 0.384 e. The van der Waals surface area contributed by atoms with Gasteiger partial charge in [0.25, 0.3) is 0 Å². The van der Waals surface area contributed by atoms with Gasteiger partial charge in [0.2, 0.25) is 10.0 Å². The summed E-state index contributed by atoms with van der Waals surface area (Å²) in [5.41, 5.74) is 0.457. The van der Waals surface area contributed by atoms with Crippen LogP contribution < -0.4 is 10.0 Å². The number of sulfone groups is 1. The van der Waals surface area contributed by atoms with Gasteiger partial charge in [-0.2, -0.15) is 0 Å². The van der Waals surface area contributed by atoms with Gasteiger partial charge in [-0.25, -0.2) is 21.6 Å². The summed E-state index contributed by atoms with van der Waals surface area (Å²) in [6.07, 6.45) is 3.76. The highest BCUT2D eigenvalue weighted by atomic mass is 32.2. The van der Waals surface area contributed by atoms with Crippen LogP contribution in [0.4, 0.5) is 5.69 Å². The molecule has 9 heteroatoms. The molecule has 1 unspecified atom stereocenters. The second kappa shape index (κ2) is 6.29. The fourth-order valence-electron chi connectivity index (χ4n) is 2.33. The van der Waals surface area contributed by atoms with Gasteiger partial charge in [-0.15, -0.1) is 0 Å². The summed E-state index contributed by atoms with van der Waals surface area (Å²) in [5, 5.41) is 2.96. The van der Waals surface area contributed by atoms with E-state index in [0.29, 0.717) is 25.1 Å². The summed E-state index contributed by atoms with van der Waals surface area (Å²) in [5.74, 6) is -0.0240. The van der Waals surface area contributed by atoms with Gasteiger partial charge in [0.15, 0.2) is 9.84 Å². The average molecular weight is 333 g/mol. The summed E-state index contributed by atoms with van der Waals surface area (Å²) in [4.78, 5) is 3.88. The van der Waals surface area contributed by atoms with Crippen LogP contribution in [-0.2, 0) is 19.9 Å². The van der Waals surface area contributed by atoms with E-state index >= 15 is 0 Å². The van der Waals surface area contributed by atoms with Crippen LogP contribution in [-0.4, -0.2) is 45.9 Å². The summed E-state index contributed by atoms with van der Waals surface area (Å²) in [6.45, 7) is 2.43. The molecule has 21 heavy (non-hydrogen) atoms. The van der Waals surface area contributed by atoms with Crippen molar-refractivity contribution in [3.8, 4) is 0 Å². The van der Waals surface area contributed by atoms with Gasteiger partial charge < -0.3 is 5.32 Å². The van der Waals surface area contributed by atoms with Gasteiger partial charge in [-0.1, -0.05) is 0 Å². The molecule has 1 aromatic heterocycles. The highest BCUT2D eigenvalue weighted by Crippen LogP contribution is 2.21. The molecule has 1 aromatic rings. The molecule has 1 fully saturated rings. The van der Waals surface area contributed by atoms with Crippen LogP contribution >= 0.6 is 0 Å². The van der Waals surface area contributed by atoms with Crippen molar-refractivity contribution in [3.63, 3.8) is 0 Å². The maximum atomic E-state index is 12.4. The standard InChI is InChI=1S/C12H19N3O4S2/c1-2-14-11-5-6-13-8-12(11)21(18,19)15-10-4-3-7-20(16,17)9-10/h5-6,8,10,15H,2-4,7,9H2,1H3,(H,13,14). The number of nitrogens with zero attached hydrogens (tertiary/aromatic N) is 1. The first-order valence-electron chi connectivity index (χ1n) is 6.75. The number of nitrogens with one attached hydrogen (secondary N) is 2. The van der Waals surface area contributed by atoms with E-state index in [1.54, 1.807) is 6.07 Å². The van der Waals surface area contributed by atoms with E-state index in [1.807, 2.05) is 6.92 Å². The SMILES string of the molecule is CCNc1ccncc1S(=O)(=O)NC1CCCS(=O)(=O)C1. The summed E-state index contributed by atoms with van der Waals surface area (Å²) >= 11 is 0. The lowest BCUT2D eigenvalue weighted by Gasteiger charge is -2.23. The van der Waals surface area contributed by atoms with Crippen LogP contribution in [0.3, 0.4) is 0 Å². The van der Waals surface area contributed by atoms with E-state index in [9.17, 15) is 16.8 Å². The third-order valence-corrected chi connectivity index (χ3v) is 6.60. The van der Waals surface area contributed by atoms with E-state index in [1.165, 1.54) is 12.4 Å². The first-order chi connectivity index (χ1) is 9.84. The molecule has 2 rings (SSSR count). The lowest BCUT2D eigenvalue weighted by Crippen LogP contribution is -2.43. The second-order valence-corrected chi connectivity index (χ2v) is 8.89. The molecular weight excluding hydrogens is 314 g/mol. The number of pyridine rings is 1. The van der Waals surface area contributed by atoms with Crippen molar-refractivity contribution in [3.05, 3.63) is 18.5 Å². The monoisotopic (exact) mass is 333 g/mol. The molecule has 7 nitrogen and oxygen atoms in total. The molecule has 0 bridgehead atoms. The molecule has 1 aliphatic rings. The smallest absolute Gasteiger partial charge is 0.244 e. The fourth-order valence-corrected chi connectivity index (χ4v) is 5.47. The van der Waals surface area contributed by atoms with Crippen molar-refractivity contribution in [1.82, 2.24) is 9.71 Å². The number of hydrogen-bond donors (Lipinski definition) is 2. The lowest BCUT2D eigenvalue weighted by molar-refractivity contribution is 0.517. The van der Waals surface area contributed by atoms with Gasteiger partial charge in [-0.05, 0) is 25.8 Å². The van der Waals surface area contributed by atoms with E-state index in [0.717, 1.165) is 0 Å². The Morgan fingerprint density at radius 3 is 2.86 bits per heavy atom. The van der Waals surface area contributed by atoms with Gasteiger partial charge in [0.05, 0.1) is 17.2 Å². The Morgan fingerprint density at radius 1 is 1.43 bits per heavy atom. The molecule has 0 aliphatic carbocycles. The third-order valence-electron chi connectivity index (χ3n) is 3.23. The average Bonchev–Trinajstić information content (AvgIpc) is 2.38. The topological polar surface area (TPSA) is 105 Å². The Labute approximate surface area is 125 Å². The Hall–Kier alpha value is -1.19. The Kier molecular flexibility index (Phi) is 4.84. The summed E-state index contributed by atoms with van der Waals surface area (Å²) in [6, 6.07) is 0.999. The van der Waals surface area contributed by atoms with Crippen molar-refractivity contribution in [2.75, 3.05) is 23.4 Å². The molecule has 1 aliphatic heterocycles. The van der Waals surface area contributed by atoms with Crippen molar-refractivity contribution >= 4 is 25.5 Å². The van der Waals surface area contributed by atoms with Crippen molar-refractivity contribution in [2.45, 2.75) is 30.7 Å². The number of rotatable bonds is 5. The van der Waals surface area contributed by atoms with Gasteiger partial charge >= 0.3 is 0 Å². The lowest BCUT2D eigenvalue weighted by atomic mass is 10.2. The summed E-state index contributed by atoms with van der Waals surface area (Å²) < 4.78 is 50.5. The quantitative estimate of drug-likeness (QED) is 0.806. The van der Waals surface area contributed by atoms with Crippen LogP contribution in [0.5, 0.6) is 0 Å². The van der Waals surface area contributed by atoms with E-state index in [2.05, 4.69) is 15.0 Å². The van der Waals surface area contributed by atoms with Crippen molar-refractivity contribution < 1.29 is 16.8 Å². The maximum Gasteiger partial charge on any atom is 0.244 e. The number of hydrogen-bond acceptors (Lipinski definition) is 6. The van der Waals surface area contributed by atoms with E-state index in [4.69, 9.17) is 0 Å². The Bertz CT molecular complexity index is 701. The molecule has 1 saturated heterocycles. The molecule has 1 atom stereocenters. The summed E-state index contributed by atoms with van der Waals surface area (Å²) in [7, 11) is -6.97. The van der Waals surface area contributed by atoms with E-state index < -0.39 is 25.9 Å². The van der Waals surface area contributed by atoms with Gasteiger partial charge in [0.1, 0.15) is 4.90 Å². The molecule has 2 heterocycles. The third kappa shape index (κ3) is 4.14. The molecule has 0 saturated carbocycles. The zero-order chi connectivity index (χ0) is 15.5. The van der Waals surface area contributed by atoms with Crippen LogP contribution in [0.1, 0.15) is 19.8 Å². The molecule has 0 spiro atoms. The molecule has 2 N–H and O–H groups in total. The normalized spacial score (nSPS) is 21.9.